The van der Waals surface area contributed by atoms with Crippen molar-refractivity contribution in [3.8, 4) is 6.07 Å². The first-order chi connectivity index (χ1) is 9.92. The van der Waals surface area contributed by atoms with E-state index in [1.807, 2.05) is 6.07 Å². The van der Waals surface area contributed by atoms with Gasteiger partial charge in [0, 0.05) is 4.47 Å². The topological polar surface area (TPSA) is 52.9 Å². The number of halogens is 4. The Labute approximate surface area is 132 Å². The van der Waals surface area contributed by atoms with Gasteiger partial charge in [0.2, 0.25) is 0 Å². The van der Waals surface area contributed by atoms with Crippen molar-refractivity contribution in [3.05, 3.63) is 62.6 Å². The fourth-order valence-electron chi connectivity index (χ4n) is 1.63. The van der Waals surface area contributed by atoms with Crippen molar-refractivity contribution >= 4 is 39.1 Å². The van der Waals surface area contributed by atoms with Crippen molar-refractivity contribution in [3.63, 3.8) is 0 Å². The summed E-state index contributed by atoms with van der Waals surface area (Å²) in [5.41, 5.74) is -0.370. The third-order valence-electron chi connectivity index (χ3n) is 2.58. The molecule has 2 aromatic rings. The highest BCUT2D eigenvalue weighted by molar-refractivity contribution is 9.10. The Morgan fingerprint density at radius 3 is 2.43 bits per heavy atom. The number of carbonyl (C=O) groups excluding carboxylic acids is 1. The normalized spacial score (nSPS) is 10.0. The van der Waals surface area contributed by atoms with Gasteiger partial charge in [-0.25, -0.2) is 8.78 Å². The standard InChI is InChI=1S/C14H6BrClF2N2O/c15-8-4-10(17)13(11(18)5-8)14(21)20-12-3-7(6-19)1-2-9(12)16/h1-5H,(H,20,21). The van der Waals surface area contributed by atoms with Gasteiger partial charge in [-0.3, -0.25) is 4.79 Å². The second-order valence-electron chi connectivity index (χ2n) is 4.00. The number of carbonyl (C=O) groups is 1. The molecule has 0 heterocycles. The van der Waals surface area contributed by atoms with E-state index in [9.17, 15) is 13.6 Å². The van der Waals surface area contributed by atoms with E-state index in [4.69, 9.17) is 16.9 Å². The summed E-state index contributed by atoms with van der Waals surface area (Å²) in [5, 5.41) is 11.2. The van der Waals surface area contributed by atoms with Crippen LogP contribution in [-0.2, 0) is 0 Å². The van der Waals surface area contributed by atoms with Crippen molar-refractivity contribution in [2.45, 2.75) is 0 Å². The molecule has 0 unspecified atom stereocenters. The molecule has 0 aliphatic heterocycles. The molecule has 0 aliphatic carbocycles. The van der Waals surface area contributed by atoms with Crippen LogP contribution in [0.2, 0.25) is 5.02 Å². The van der Waals surface area contributed by atoms with Gasteiger partial charge in [-0.05, 0) is 30.3 Å². The SMILES string of the molecule is N#Cc1ccc(Cl)c(NC(=O)c2c(F)cc(Br)cc2F)c1. The molecule has 0 saturated carbocycles. The zero-order chi connectivity index (χ0) is 15.6. The molecule has 0 fully saturated rings. The molecule has 0 aromatic heterocycles. The number of benzene rings is 2. The number of rotatable bonds is 2. The van der Waals surface area contributed by atoms with Crippen molar-refractivity contribution in [2.75, 3.05) is 5.32 Å². The zero-order valence-electron chi connectivity index (χ0n) is 10.3. The Morgan fingerprint density at radius 2 is 1.86 bits per heavy atom. The molecule has 2 rings (SSSR count). The van der Waals surface area contributed by atoms with Crippen molar-refractivity contribution in [2.24, 2.45) is 0 Å². The molecule has 1 N–H and O–H groups in total. The van der Waals surface area contributed by atoms with Gasteiger partial charge in [-0.15, -0.1) is 0 Å². The Kier molecular flexibility index (Phi) is 4.56. The number of anilines is 1. The van der Waals surface area contributed by atoms with Gasteiger partial charge < -0.3 is 5.32 Å². The molecule has 0 spiro atoms. The Bertz CT molecular complexity index is 751. The summed E-state index contributed by atoms with van der Waals surface area (Å²) >= 11 is 8.80. The molecule has 2 aromatic carbocycles. The monoisotopic (exact) mass is 370 g/mol. The summed E-state index contributed by atoms with van der Waals surface area (Å²) in [7, 11) is 0. The third-order valence-corrected chi connectivity index (χ3v) is 3.37. The minimum atomic E-state index is -1.01. The van der Waals surface area contributed by atoms with Crippen LogP contribution in [0.3, 0.4) is 0 Å². The van der Waals surface area contributed by atoms with Gasteiger partial charge in [0.1, 0.15) is 17.2 Å². The Morgan fingerprint density at radius 1 is 1.24 bits per heavy atom. The van der Waals surface area contributed by atoms with Crippen LogP contribution in [0.5, 0.6) is 0 Å². The highest BCUT2D eigenvalue weighted by Crippen LogP contribution is 2.25. The van der Waals surface area contributed by atoms with E-state index in [1.54, 1.807) is 0 Å². The largest absolute Gasteiger partial charge is 0.320 e. The summed E-state index contributed by atoms with van der Waals surface area (Å²) in [4.78, 5) is 12.0. The van der Waals surface area contributed by atoms with E-state index >= 15 is 0 Å². The molecule has 0 bridgehead atoms. The van der Waals surface area contributed by atoms with Crippen LogP contribution < -0.4 is 5.32 Å². The van der Waals surface area contributed by atoms with E-state index in [0.29, 0.717) is 0 Å². The lowest BCUT2D eigenvalue weighted by Gasteiger charge is -2.09. The zero-order valence-corrected chi connectivity index (χ0v) is 12.6. The van der Waals surface area contributed by atoms with E-state index in [-0.39, 0.29) is 20.7 Å². The first-order valence-corrected chi connectivity index (χ1v) is 6.75. The lowest BCUT2D eigenvalue weighted by Crippen LogP contribution is -2.16. The average molecular weight is 372 g/mol. The van der Waals surface area contributed by atoms with Crippen LogP contribution in [0.4, 0.5) is 14.5 Å². The predicted molar refractivity (Wildman–Crippen MR) is 78.2 cm³/mol. The first kappa shape index (κ1) is 15.4. The lowest BCUT2D eigenvalue weighted by atomic mass is 10.1. The van der Waals surface area contributed by atoms with Gasteiger partial charge in [0.05, 0.1) is 22.3 Å². The van der Waals surface area contributed by atoms with Crippen LogP contribution in [0.15, 0.2) is 34.8 Å². The molecule has 0 radical (unpaired) electrons. The van der Waals surface area contributed by atoms with E-state index in [2.05, 4.69) is 21.2 Å². The minimum Gasteiger partial charge on any atom is -0.320 e. The maximum atomic E-state index is 13.7. The molecule has 106 valence electrons. The van der Waals surface area contributed by atoms with Gasteiger partial charge in [0.15, 0.2) is 0 Å². The van der Waals surface area contributed by atoms with E-state index < -0.39 is 23.1 Å². The number of hydrogen-bond acceptors (Lipinski definition) is 2. The smallest absolute Gasteiger partial charge is 0.261 e. The molecule has 3 nitrogen and oxygen atoms in total. The van der Waals surface area contributed by atoms with Gasteiger partial charge in [-0.1, -0.05) is 27.5 Å². The molecule has 1 amide bonds. The number of nitriles is 1. The van der Waals surface area contributed by atoms with Gasteiger partial charge in [0.25, 0.3) is 5.91 Å². The number of hydrogen-bond donors (Lipinski definition) is 1. The number of amides is 1. The molecule has 0 atom stereocenters. The molecular weight excluding hydrogens is 366 g/mol. The Hall–Kier alpha value is -1.97. The average Bonchev–Trinajstić information content (AvgIpc) is 2.40. The molecular formula is C14H6BrClF2N2O. The molecule has 0 aliphatic rings. The molecule has 7 heteroatoms. The summed E-state index contributed by atoms with van der Waals surface area (Å²) in [6.07, 6.45) is 0. The van der Waals surface area contributed by atoms with E-state index in [0.717, 1.165) is 12.1 Å². The lowest BCUT2D eigenvalue weighted by molar-refractivity contribution is 0.101. The van der Waals surface area contributed by atoms with Crippen molar-refractivity contribution in [1.29, 1.82) is 5.26 Å². The fraction of sp³-hybridized carbons (Fsp3) is 0. The fourth-order valence-corrected chi connectivity index (χ4v) is 2.20. The predicted octanol–water partition coefficient (Wildman–Crippen LogP) is 4.50. The maximum absolute atomic E-state index is 13.7. The summed E-state index contributed by atoms with van der Waals surface area (Å²) < 4.78 is 27.6. The molecule has 0 saturated heterocycles. The van der Waals surface area contributed by atoms with Crippen molar-refractivity contribution < 1.29 is 13.6 Å². The van der Waals surface area contributed by atoms with Crippen LogP contribution in [0.25, 0.3) is 0 Å². The third kappa shape index (κ3) is 3.38. The minimum absolute atomic E-state index is 0.0995. The first-order valence-electron chi connectivity index (χ1n) is 5.58. The highest BCUT2D eigenvalue weighted by atomic mass is 79.9. The van der Waals surface area contributed by atoms with Crippen molar-refractivity contribution in [1.82, 2.24) is 0 Å². The van der Waals surface area contributed by atoms with Gasteiger partial charge >= 0.3 is 0 Å². The van der Waals surface area contributed by atoms with Crippen LogP contribution in [0.1, 0.15) is 15.9 Å². The van der Waals surface area contributed by atoms with Crippen LogP contribution in [0, 0.1) is 23.0 Å². The Balaban J connectivity index is 2.37. The summed E-state index contributed by atoms with van der Waals surface area (Å²) in [6.45, 7) is 0. The number of nitrogens with zero attached hydrogens (tertiary/aromatic N) is 1. The second-order valence-corrected chi connectivity index (χ2v) is 5.33. The van der Waals surface area contributed by atoms with Gasteiger partial charge in [-0.2, -0.15) is 5.26 Å². The number of nitrogens with one attached hydrogen (secondary N) is 1. The summed E-state index contributed by atoms with van der Waals surface area (Å²) in [6, 6.07) is 8.01. The highest BCUT2D eigenvalue weighted by Gasteiger charge is 2.19. The van der Waals surface area contributed by atoms with E-state index in [1.165, 1.54) is 18.2 Å². The maximum Gasteiger partial charge on any atom is 0.261 e. The quantitative estimate of drug-likeness (QED) is 0.845. The second kappa shape index (κ2) is 6.20. The molecule has 21 heavy (non-hydrogen) atoms. The van der Waals surface area contributed by atoms with Crippen LogP contribution in [-0.4, -0.2) is 5.91 Å². The summed E-state index contributed by atoms with van der Waals surface area (Å²) in [5.74, 6) is -3.01. The van der Waals surface area contributed by atoms with Crippen LogP contribution >= 0.6 is 27.5 Å².